The van der Waals surface area contributed by atoms with E-state index in [0.717, 1.165) is 29.0 Å². The minimum Gasteiger partial charge on any atom is -0.257 e. The average molecular weight is 327 g/mol. The molecule has 0 N–H and O–H groups in total. The summed E-state index contributed by atoms with van der Waals surface area (Å²) in [5.41, 5.74) is 3.54. The number of thiophene rings is 1. The van der Waals surface area contributed by atoms with Gasteiger partial charge in [0.05, 0.1) is 11.9 Å². The maximum absolute atomic E-state index is 4.69. The molecule has 22 heavy (non-hydrogen) atoms. The second-order valence-electron chi connectivity index (χ2n) is 4.89. The van der Waals surface area contributed by atoms with E-state index in [4.69, 9.17) is 4.99 Å². The molecule has 0 atom stereocenters. The maximum atomic E-state index is 4.69. The lowest BCUT2D eigenvalue weighted by molar-refractivity contribution is 0.783. The Labute approximate surface area is 137 Å². The molecule has 112 valence electrons. The number of nitrogens with zero attached hydrogens (tertiary/aromatic N) is 3. The number of thiazole rings is 1. The Kier molecular flexibility index (Phi) is 4.98. The summed E-state index contributed by atoms with van der Waals surface area (Å²) in [6, 6.07) is 12.5. The van der Waals surface area contributed by atoms with Crippen molar-refractivity contribution in [1.29, 1.82) is 0 Å². The van der Waals surface area contributed by atoms with Gasteiger partial charge < -0.3 is 0 Å². The standard InChI is InChI=1S/C17H17N3S2/c1-14-12-22-17(18-9-7-15-5-3-2-4-6-15)20(14)19-11-16-8-10-21-13-16/h2-6,8,10-13H,7,9H2,1H3. The third-order valence-electron chi connectivity index (χ3n) is 3.21. The number of aromatic nitrogens is 1. The first-order valence-corrected chi connectivity index (χ1v) is 8.93. The Bertz CT molecular complexity index is 796. The van der Waals surface area contributed by atoms with Gasteiger partial charge in [-0.1, -0.05) is 30.3 Å². The first kappa shape index (κ1) is 14.9. The summed E-state index contributed by atoms with van der Waals surface area (Å²) in [6.07, 6.45) is 2.83. The number of hydrogen-bond donors (Lipinski definition) is 0. The first-order valence-electron chi connectivity index (χ1n) is 7.11. The Morgan fingerprint density at radius 2 is 2.00 bits per heavy atom. The molecule has 5 heteroatoms. The van der Waals surface area contributed by atoms with Crippen molar-refractivity contribution in [3.8, 4) is 0 Å². The van der Waals surface area contributed by atoms with Crippen molar-refractivity contribution in [1.82, 2.24) is 4.68 Å². The predicted octanol–water partition coefficient (Wildman–Crippen LogP) is 3.95. The van der Waals surface area contributed by atoms with Gasteiger partial charge >= 0.3 is 0 Å². The quantitative estimate of drug-likeness (QED) is 0.635. The molecule has 3 aromatic rings. The molecule has 0 fully saturated rings. The molecular weight excluding hydrogens is 310 g/mol. The van der Waals surface area contributed by atoms with Crippen LogP contribution in [0.15, 0.2) is 62.6 Å². The minimum absolute atomic E-state index is 0.776. The Hall–Kier alpha value is -1.98. The van der Waals surface area contributed by atoms with Gasteiger partial charge in [0.15, 0.2) is 0 Å². The van der Waals surface area contributed by atoms with Gasteiger partial charge in [-0.25, -0.2) is 4.68 Å². The van der Waals surface area contributed by atoms with Crippen LogP contribution < -0.4 is 4.80 Å². The number of hydrogen-bond acceptors (Lipinski definition) is 4. The van der Waals surface area contributed by atoms with Crippen LogP contribution >= 0.6 is 22.7 Å². The van der Waals surface area contributed by atoms with Crippen LogP contribution in [0.2, 0.25) is 0 Å². The molecule has 0 aliphatic heterocycles. The van der Waals surface area contributed by atoms with E-state index in [-0.39, 0.29) is 0 Å². The highest BCUT2D eigenvalue weighted by atomic mass is 32.1. The summed E-state index contributed by atoms with van der Waals surface area (Å²) < 4.78 is 1.91. The smallest absolute Gasteiger partial charge is 0.205 e. The molecule has 0 aliphatic carbocycles. The van der Waals surface area contributed by atoms with E-state index in [9.17, 15) is 0 Å². The lowest BCUT2D eigenvalue weighted by Gasteiger charge is -1.98. The van der Waals surface area contributed by atoms with Gasteiger partial charge in [0.2, 0.25) is 4.80 Å². The molecule has 0 saturated heterocycles. The molecule has 1 aromatic carbocycles. The van der Waals surface area contributed by atoms with E-state index in [1.807, 2.05) is 17.0 Å². The maximum Gasteiger partial charge on any atom is 0.205 e. The van der Waals surface area contributed by atoms with Crippen LogP contribution in [0.1, 0.15) is 16.8 Å². The Morgan fingerprint density at radius 1 is 1.14 bits per heavy atom. The highest BCUT2D eigenvalue weighted by molar-refractivity contribution is 7.08. The topological polar surface area (TPSA) is 29.6 Å². The zero-order chi connectivity index (χ0) is 15.2. The molecule has 0 radical (unpaired) electrons. The normalized spacial score (nSPS) is 12.3. The molecule has 0 bridgehead atoms. The number of rotatable bonds is 5. The number of aryl methyl sites for hydroxylation is 1. The van der Waals surface area contributed by atoms with Crippen molar-refractivity contribution in [2.45, 2.75) is 13.3 Å². The van der Waals surface area contributed by atoms with Crippen LogP contribution in [0.4, 0.5) is 0 Å². The summed E-state index contributed by atoms with van der Waals surface area (Å²) in [4.78, 5) is 5.64. The van der Waals surface area contributed by atoms with E-state index in [0.29, 0.717) is 0 Å². The van der Waals surface area contributed by atoms with Crippen molar-refractivity contribution in [2.24, 2.45) is 10.1 Å². The molecule has 0 unspecified atom stereocenters. The molecule has 0 saturated carbocycles. The summed E-state index contributed by atoms with van der Waals surface area (Å²) >= 11 is 3.31. The predicted molar refractivity (Wildman–Crippen MR) is 94.9 cm³/mol. The van der Waals surface area contributed by atoms with Crippen molar-refractivity contribution in [2.75, 3.05) is 6.54 Å². The first-order chi connectivity index (χ1) is 10.8. The molecule has 0 amide bonds. The van der Waals surface area contributed by atoms with Crippen molar-refractivity contribution in [3.63, 3.8) is 0 Å². The zero-order valence-corrected chi connectivity index (χ0v) is 14.0. The fraction of sp³-hybridized carbons (Fsp3) is 0.176. The van der Waals surface area contributed by atoms with Gasteiger partial charge in [-0.2, -0.15) is 16.4 Å². The van der Waals surface area contributed by atoms with Crippen LogP contribution in [0.5, 0.6) is 0 Å². The molecule has 2 aromatic heterocycles. The van der Waals surface area contributed by atoms with Crippen LogP contribution in [-0.4, -0.2) is 17.4 Å². The summed E-state index contributed by atoms with van der Waals surface area (Å²) in [7, 11) is 0. The van der Waals surface area contributed by atoms with E-state index < -0.39 is 0 Å². The highest BCUT2D eigenvalue weighted by Gasteiger charge is 1.99. The van der Waals surface area contributed by atoms with Crippen LogP contribution in [0.25, 0.3) is 0 Å². The van der Waals surface area contributed by atoms with E-state index in [2.05, 4.69) is 58.5 Å². The van der Waals surface area contributed by atoms with Gasteiger partial charge in [-0.15, -0.1) is 11.3 Å². The van der Waals surface area contributed by atoms with Gasteiger partial charge in [-0.05, 0) is 35.7 Å². The van der Waals surface area contributed by atoms with Crippen molar-refractivity contribution >= 4 is 28.9 Å². The molecule has 2 heterocycles. The second-order valence-corrected chi connectivity index (χ2v) is 6.51. The Morgan fingerprint density at radius 3 is 2.77 bits per heavy atom. The van der Waals surface area contributed by atoms with Crippen LogP contribution in [0, 0.1) is 6.92 Å². The molecule has 3 nitrogen and oxygen atoms in total. The second kappa shape index (κ2) is 7.33. The number of benzene rings is 1. The van der Waals surface area contributed by atoms with Crippen LogP contribution in [0.3, 0.4) is 0 Å². The van der Waals surface area contributed by atoms with Gasteiger partial charge in [-0.3, -0.25) is 4.99 Å². The van der Waals surface area contributed by atoms with E-state index in [1.54, 1.807) is 22.7 Å². The van der Waals surface area contributed by atoms with E-state index >= 15 is 0 Å². The minimum atomic E-state index is 0.776. The summed E-state index contributed by atoms with van der Waals surface area (Å²) in [5, 5.41) is 10.8. The third-order valence-corrected chi connectivity index (χ3v) is 4.88. The molecular formula is C17H17N3S2. The SMILES string of the molecule is Cc1csc(=NCCc2ccccc2)n1N=Cc1ccsc1. The highest BCUT2D eigenvalue weighted by Crippen LogP contribution is 2.05. The van der Waals surface area contributed by atoms with E-state index in [1.165, 1.54) is 5.56 Å². The zero-order valence-electron chi connectivity index (χ0n) is 12.3. The monoisotopic (exact) mass is 327 g/mol. The van der Waals surface area contributed by atoms with Crippen molar-refractivity contribution in [3.05, 3.63) is 74.2 Å². The molecule has 0 spiro atoms. The lowest BCUT2D eigenvalue weighted by Crippen LogP contribution is -2.13. The molecule has 3 rings (SSSR count). The molecule has 0 aliphatic rings. The summed E-state index contributed by atoms with van der Waals surface area (Å²) in [6.45, 7) is 2.83. The van der Waals surface area contributed by atoms with Crippen LogP contribution in [-0.2, 0) is 6.42 Å². The fourth-order valence-electron chi connectivity index (χ4n) is 2.03. The third kappa shape index (κ3) is 3.81. The fourth-order valence-corrected chi connectivity index (χ4v) is 3.48. The van der Waals surface area contributed by atoms with Gasteiger partial charge in [0.25, 0.3) is 0 Å². The van der Waals surface area contributed by atoms with Gasteiger partial charge in [0, 0.05) is 17.5 Å². The lowest BCUT2D eigenvalue weighted by atomic mass is 10.2. The van der Waals surface area contributed by atoms with Crippen molar-refractivity contribution < 1.29 is 0 Å². The van der Waals surface area contributed by atoms with Gasteiger partial charge in [0.1, 0.15) is 0 Å². The largest absolute Gasteiger partial charge is 0.257 e. The Balaban J connectivity index is 1.75. The average Bonchev–Trinajstić information content (AvgIpc) is 3.17. The summed E-state index contributed by atoms with van der Waals surface area (Å²) in [5.74, 6) is 0.